The molecule has 186 valence electrons. The Bertz CT molecular complexity index is 1710. The van der Waals surface area contributed by atoms with Gasteiger partial charge in [-0.25, -0.2) is 9.78 Å². The van der Waals surface area contributed by atoms with Crippen molar-refractivity contribution in [3.05, 3.63) is 87.5 Å². The summed E-state index contributed by atoms with van der Waals surface area (Å²) in [6.07, 6.45) is 0. The summed E-state index contributed by atoms with van der Waals surface area (Å²) in [5.41, 5.74) is 1.43. The van der Waals surface area contributed by atoms with Gasteiger partial charge in [0.15, 0.2) is 17.5 Å². The number of aromatic nitrogens is 1. The van der Waals surface area contributed by atoms with E-state index in [0.29, 0.717) is 42.5 Å². The maximum atomic E-state index is 13.2. The van der Waals surface area contributed by atoms with Crippen molar-refractivity contribution < 1.29 is 23.5 Å². The Hall–Kier alpha value is -4.21. The predicted molar refractivity (Wildman–Crippen MR) is 143 cm³/mol. The topological polar surface area (TPSA) is 108 Å². The lowest BCUT2D eigenvalue weighted by Gasteiger charge is -2.12. The van der Waals surface area contributed by atoms with Crippen LogP contribution in [0.3, 0.4) is 0 Å². The zero-order chi connectivity index (χ0) is 25.9. The number of fused-ring (bicyclic) bond motifs is 2. The number of hydrogen-bond acceptors (Lipinski definition) is 8. The van der Waals surface area contributed by atoms with E-state index in [1.54, 1.807) is 73.7 Å². The number of ether oxygens (including phenoxy) is 2. The van der Waals surface area contributed by atoms with Gasteiger partial charge < -0.3 is 13.9 Å². The van der Waals surface area contributed by atoms with Crippen LogP contribution in [0.4, 0.5) is 5.13 Å². The van der Waals surface area contributed by atoms with Crippen LogP contribution in [0.15, 0.2) is 75.9 Å². The molecule has 37 heavy (non-hydrogen) atoms. The standard InChI is InChI=1S/C27H19ClN2O6S/c1-2-34-26(33)15-11-12-19-21(13-15)37-27(29-19)30-22(31)14-35-25-23(32)17-8-4-6-10-20(17)36-24(25)16-7-3-5-9-18(16)28/h3-13H,2,14H2,1H3,(H,29,30,31). The molecule has 1 N–H and O–H groups in total. The zero-order valence-corrected chi connectivity index (χ0v) is 21.0. The molecule has 0 saturated heterocycles. The summed E-state index contributed by atoms with van der Waals surface area (Å²) in [4.78, 5) is 42.3. The molecule has 5 aromatic rings. The van der Waals surface area contributed by atoms with E-state index in [-0.39, 0.29) is 18.1 Å². The fourth-order valence-electron chi connectivity index (χ4n) is 3.69. The summed E-state index contributed by atoms with van der Waals surface area (Å²) in [6, 6.07) is 18.6. The SMILES string of the molecule is CCOC(=O)c1ccc2nc(NC(=O)COc3c(-c4ccccc4Cl)oc4ccccc4c3=O)sc2c1. The molecule has 0 unspecified atom stereocenters. The van der Waals surface area contributed by atoms with E-state index in [1.807, 2.05) is 0 Å². The van der Waals surface area contributed by atoms with Gasteiger partial charge in [0.25, 0.3) is 5.91 Å². The van der Waals surface area contributed by atoms with E-state index in [2.05, 4.69) is 10.3 Å². The van der Waals surface area contributed by atoms with Crippen LogP contribution < -0.4 is 15.5 Å². The quantitative estimate of drug-likeness (QED) is 0.258. The zero-order valence-electron chi connectivity index (χ0n) is 19.4. The Kier molecular flexibility index (Phi) is 6.89. The number of esters is 1. The average Bonchev–Trinajstić information content (AvgIpc) is 3.30. The Morgan fingerprint density at radius 2 is 1.86 bits per heavy atom. The van der Waals surface area contributed by atoms with Crippen LogP contribution in [0.25, 0.3) is 32.5 Å². The molecule has 2 aromatic heterocycles. The number of nitrogens with zero attached hydrogens (tertiary/aromatic N) is 1. The third-order valence-corrected chi connectivity index (χ3v) is 6.63. The first kappa shape index (κ1) is 24.5. The van der Waals surface area contributed by atoms with Crippen LogP contribution >= 0.6 is 22.9 Å². The maximum Gasteiger partial charge on any atom is 0.338 e. The number of nitrogens with one attached hydrogen (secondary N) is 1. The molecule has 1 amide bonds. The first-order valence-corrected chi connectivity index (χ1v) is 12.4. The van der Waals surface area contributed by atoms with Crippen LogP contribution in [-0.4, -0.2) is 30.1 Å². The van der Waals surface area contributed by atoms with Gasteiger partial charge >= 0.3 is 5.97 Å². The van der Waals surface area contributed by atoms with Crippen LogP contribution in [0, 0.1) is 0 Å². The molecule has 0 aliphatic heterocycles. The summed E-state index contributed by atoms with van der Waals surface area (Å²) in [5.74, 6) is -0.943. The molecule has 0 saturated carbocycles. The summed E-state index contributed by atoms with van der Waals surface area (Å²) in [5, 5.41) is 3.68. The molecule has 8 nitrogen and oxygen atoms in total. The average molecular weight is 535 g/mol. The first-order valence-electron chi connectivity index (χ1n) is 11.3. The van der Waals surface area contributed by atoms with E-state index in [9.17, 15) is 14.4 Å². The monoisotopic (exact) mass is 534 g/mol. The van der Waals surface area contributed by atoms with Gasteiger partial charge in [-0.2, -0.15) is 0 Å². The molecule has 10 heteroatoms. The van der Waals surface area contributed by atoms with Gasteiger partial charge in [0.05, 0.1) is 32.8 Å². The second-order valence-corrected chi connectivity index (χ2v) is 9.26. The summed E-state index contributed by atoms with van der Waals surface area (Å²) in [7, 11) is 0. The highest BCUT2D eigenvalue weighted by molar-refractivity contribution is 7.22. The van der Waals surface area contributed by atoms with Crippen molar-refractivity contribution in [2.45, 2.75) is 6.92 Å². The fourth-order valence-corrected chi connectivity index (χ4v) is 4.83. The van der Waals surface area contributed by atoms with Crippen molar-refractivity contribution in [1.29, 1.82) is 0 Å². The fraction of sp³-hybridized carbons (Fsp3) is 0.111. The lowest BCUT2D eigenvalue weighted by Crippen LogP contribution is -2.22. The number of carbonyl (C=O) groups is 2. The number of para-hydroxylation sites is 1. The van der Waals surface area contributed by atoms with Gasteiger partial charge in [0.2, 0.25) is 11.2 Å². The second-order valence-electron chi connectivity index (χ2n) is 7.82. The second kappa shape index (κ2) is 10.4. The summed E-state index contributed by atoms with van der Waals surface area (Å²) in [6.45, 7) is 1.54. The minimum absolute atomic E-state index is 0.120. The molecular formula is C27H19ClN2O6S. The molecule has 0 atom stereocenters. The van der Waals surface area contributed by atoms with Crippen LogP contribution in [-0.2, 0) is 9.53 Å². The van der Waals surface area contributed by atoms with E-state index >= 15 is 0 Å². The van der Waals surface area contributed by atoms with Crippen molar-refractivity contribution in [2.24, 2.45) is 0 Å². The minimum atomic E-state index is -0.526. The molecule has 0 aliphatic rings. The highest BCUT2D eigenvalue weighted by Gasteiger charge is 2.21. The minimum Gasteiger partial charge on any atom is -0.476 e. The van der Waals surface area contributed by atoms with Gasteiger partial charge in [-0.05, 0) is 49.4 Å². The molecule has 0 fully saturated rings. The van der Waals surface area contributed by atoms with Gasteiger partial charge in [-0.15, -0.1) is 0 Å². The Morgan fingerprint density at radius 3 is 2.68 bits per heavy atom. The number of rotatable bonds is 7. The lowest BCUT2D eigenvalue weighted by molar-refractivity contribution is -0.118. The van der Waals surface area contributed by atoms with Crippen molar-refractivity contribution in [3.8, 4) is 17.1 Å². The van der Waals surface area contributed by atoms with E-state index in [0.717, 1.165) is 0 Å². The van der Waals surface area contributed by atoms with Gasteiger partial charge in [-0.1, -0.05) is 47.2 Å². The Balaban J connectivity index is 1.39. The summed E-state index contributed by atoms with van der Waals surface area (Å²) >= 11 is 7.56. The van der Waals surface area contributed by atoms with Gasteiger partial charge in [-0.3, -0.25) is 14.9 Å². The number of anilines is 1. The molecule has 0 spiro atoms. The number of halogens is 1. The number of hydrogen-bond donors (Lipinski definition) is 1. The summed E-state index contributed by atoms with van der Waals surface area (Å²) < 4.78 is 17.4. The normalized spacial score (nSPS) is 11.0. The number of carbonyl (C=O) groups excluding carboxylic acids is 2. The number of thiazole rings is 1. The molecule has 2 heterocycles. The van der Waals surface area contributed by atoms with Crippen molar-refractivity contribution >= 4 is 61.1 Å². The van der Waals surface area contributed by atoms with Crippen molar-refractivity contribution in [3.63, 3.8) is 0 Å². The molecule has 5 rings (SSSR count). The van der Waals surface area contributed by atoms with E-state index in [1.165, 1.54) is 11.3 Å². The molecule has 0 radical (unpaired) electrons. The van der Waals surface area contributed by atoms with Gasteiger partial charge in [0.1, 0.15) is 5.58 Å². The van der Waals surface area contributed by atoms with E-state index in [4.69, 9.17) is 25.5 Å². The Labute approximate surface area is 219 Å². The molecule has 3 aromatic carbocycles. The first-order chi connectivity index (χ1) is 17.9. The van der Waals surface area contributed by atoms with Gasteiger partial charge in [0, 0.05) is 5.56 Å². The third-order valence-electron chi connectivity index (χ3n) is 5.37. The molecule has 0 bridgehead atoms. The highest BCUT2D eigenvalue weighted by atomic mass is 35.5. The van der Waals surface area contributed by atoms with Crippen LogP contribution in [0.5, 0.6) is 5.75 Å². The number of amides is 1. The Morgan fingerprint density at radius 1 is 1.08 bits per heavy atom. The molecular weight excluding hydrogens is 516 g/mol. The molecule has 0 aliphatic carbocycles. The van der Waals surface area contributed by atoms with Crippen LogP contribution in [0.1, 0.15) is 17.3 Å². The lowest BCUT2D eigenvalue weighted by atomic mass is 10.1. The van der Waals surface area contributed by atoms with Crippen molar-refractivity contribution in [2.75, 3.05) is 18.5 Å². The smallest absolute Gasteiger partial charge is 0.338 e. The van der Waals surface area contributed by atoms with E-state index < -0.39 is 23.9 Å². The predicted octanol–water partition coefficient (Wildman–Crippen LogP) is 5.92. The van der Waals surface area contributed by atoms with Crippen molar-refractivity contribution in [1.82, 2.24) is 4.98 Å². The highest BCUT2D eigenvalue weighted by Crippen LogP contribution is 2.35. The largest absolute Gasteiger partial charge is 0.476 e. The maximum absolute atomic E-state index is 13.2. The third kappa shape index (κ3) is 5.04. The van der Waals surface area contributed by atoms with Crippen LogP contribution in [0.2, 0.25) is 5.02 Å². The number of benzene rings is 3.